The number of hydrogen-bond donors (Lipinski definition) is 2. The molecule has 0 fully saturated rings. The summed E-state index contributed by atoms with van der Waals surface area (Å²) in [5.41, 5.74) is 5.14. The van der Waals surface area contributed by atoms with E-state index in [0.717, 1.165) is 0 Å². The van der Waals surface area contributed by atoms with Crippen molar-refractivity contribution >= 4 is 6.21 Å². The van der Waals surface area contributed by atoms with Crippen molar-refractivity contribution in [2.24, 2.45) is 10.7 Å². The lowest BCUT2D eigenvalue weighted by Crippen LogP contribution is -2.49. The van der Waals surface area contributed by atoms with Gasteiger partial charge >= 0.3 is 0 Å². The Balaban J connectivity index is 2.86. The summed E-state index contributed by atoms with van der Waals surface area (Å²) >= 11 is 0. The molecule has 1 rings (SSSR count). The fraction of sp³-hybridized carbons (Fsp3) is 0.625. The lowest BCUT2D eigenvalue weighted by Gasteiger charge is -2.18. The SMILES string of the molecule is CC1(C)C=CNC(C)(N)C=N1. The molecule has 1 aliphatic rings. The summed E-state index contributed by atoms with van der Waals surface area (Å²) in [7, 11) is 0. The minimum atomic E-state index is -0.510. The second-order valence-corrected chi connectivity index (χ2v) is 3.67. The summed E-state index contributed by atoms with van der Waals surface area (Å²) in [4.78, 5) is 4.31. The number of nitrogens with one attached hydrogen (secondary N) is 1. The van der Waals surface area contributed by atoms with Crippen molar-refractivity contribution in [2.75, 3.05) is 0 Å². The Morgan fingerprint density at radius 2 is 2.00 bits per heavy atom. The summed E-state index contributed by atoms with van der Waals surface area (Å²) in [5, 5.41) is 3.02. The number of nitrogens with zero attached hydrogens (tertiary/aromatic N) is 1. The van der Waals surface area contributed by atoms with Gasteiger partial charge in [-0.05, 0) is 33.0 Å². The van der Waals surface area contributed by atoms with Gasteiger partial charge in [0.25, 0.3) is 0 Å². The molecule has 11 heavy (non-hydrogen) atoms. The molecule has 0 aromatic carbocycles. The molecule has 0 radical (unpaired) electrons. The van der Waals surface area contributed by atoms with E-state index in [1.807, 2.05) is 33.0 Å². The third-order valence-corrected chi connectivity index (χ3v) is 1.55. The van der Waals surface area contributed by atoms with Gasteiger partial charge in [-0.25, -0.2) is 0 Å². The van der Waals surface area contributed by atoms with Crippen LogP contribution in [0.15, 0.2) is 17.3 Å². The molecule has 1 aliphatic heterocycles. The highest BCUT2D eigenvalue weighted by atomic mass is 15.1. The van der Waals surface area contributed by atoms with Gasteiger partial charge in [-0.1, -0.05) is 0 Å². The Morgan fingerprint density at radius 3 is 2.64 bits per heavy atom. The van der Waals surface area contributed by atoms with Gasteiger partial charge < -0.3 is 11.1 Å². The van der Waals surface area contributed by atoms with Crippen molar-refractivity contribution < 1.29 is 0 Å². The predicted octanol–water partition coefficient (Wildman–Crippen LogP) is 0.628. The molecule has 0 spiro atoms. The average Bonchev–Trinajstić information content (AvgIpc) is 1.92. The van der Waals surface area contributed by atoms with Gasteiger partial charge in [0.1, 0.15) is 5.66 Å². The van der Waals surface area contributed by atoms with Crippen LogP contribution in [-0.2, 0) is 0 Å². The minimum Gasteiger partial charge on any atom is -0.369 e. The Kier molecular flexibility index (Phi) is 1.76. The fourth-order valence-corrected chi connectivity index (χ4v) is 0.806. The Bertz CT molecular complexity index is 201. The molecule has 3 N–H and O–H groups in total. The van der Waals surface area contributed by atoms with Gasteiger partial charge in [0.05, 0.1) is 5.54 Å². The third-order valence-electron chi connectivity index (χ3n) is 1.55. The van der Waals surface area contributed by atoms with Crippen LogP contribution in [0.4, 0.5) is 0 Å². The molecular weight excluding hydrogens is 138 g/mol. The molecular formula is C8H15N3. The highest BCUT2D eigenvalue weighted by Gasteiger charge is 2.19. The van der Waals surface area contributed by atoms with Gasteiger partial charge in [-0.2, -0.15) is 0 Å². The molecule has 3 heteroatoms. The smallest absolute Gasteiger partial charge is 0.119 e. The number of hydrogen-bond acceptors (Lipinski definition) is 3. The quantitative estimate of drug-likeness (QED) is 0.536. The Hall–Kier alpha value is -0.830. The van der Waals surface area contributed by atoms with Crippen molar-refractivity contribution in [3.8, 4) is 0 Å². The van der Waals surface area contributed by atoms with Crippen molar-refractivity contribution in [1.29, 1.82) is 0 Å². The molecule has 0 bridgehead atoms. The molecule has 0 saturated heterocycles. The van der Waals surface area contributed by atoms with E-state index in [9.17, 15) is 0 Å². The molecule has 62 valence electrons. The van der Waals surface area contributed by atoms with Crippen LogP contribution in [0.5, 0.6) is 0 Å². The van der Waals surface area contributed by atoms with E-state index in [4.69, 9.17) is 5.73 Å². The summed E-state index contributed by atoms with van der Waals surface area (Å²) in [6, 6.07) is 0. The first-order chi connectivity index (χ1) is 4.91. The number of rotatable bonds is 0. The molecule has 0 saturated carbocycles. The predicted molar refractivity (Wildman–Crippen MR) is 47.4 cm³/mol. The molecule has 0 aromatic rings. The standard InChI is InChI=1S/C8H15N3/c1-7(2)4-5-10-8(3,9)6-11-7/h4-6,10H,9H2,1-3H3. The highest BCUT2D eigenvalue weighted by molar-refractivity contribution is 5.70. The first-order valence-corrected chi connectivity index (χ1v) is 3.72. The molecule has 1 atom stereocenters. The van der Waals surface area contributed by atoms with E-state index in [1.54, 1.807) is 6.21 Å². The highest BCUT2D eigenvalue weighted by Crippen LogP contribution is 2.12. The van der Waals surface area contributed by atoms with Crippen molar-refractivity contribution in [1.82, 2.24) is 5.32 Å². The summed E-state index contributed by atoms with van der Waals surface area (Å²) in [6.45, 7) is 5.94. The van der Waals surface area contributed by atoms with Crippen molar-refractivity contribution in [3.05, 3.63) is 12.3 Å². The maximum Gasteiger partial charge on any atom is 0.119 e. The van der Waals surface area contributed by atoms with Crippen LogP contribution >= 0.6 is 0 Å². The van der Waals surface area contributed by atoms with Crippen LogP contribution in [0.3, 0.4) is 0 Å². The second-order valence-electron chi connectivity index (χ2n) is 3.67. The molecule has 0 aromatic heterocycles. The van der Waals surface area contributed by atoms with E-state index < -0.39 is 5.66 Å². The van der Waals surface area contributed by atoms with E-state index in [1.165, 1.54) is 0 Å². The Labute approximate surface area is 67.4 Å². The number of nitrogens with two attached hydrogens (primary N) is 1. The fourth-order valence-electron chi connectivity index (χ4n) is 0.806. The summed E-state index contributed by atoms with van der Waals surface area (Å²) in [6.07, 6.45) is 5.58. The zero-order valence-corrected chi connectivity index (χ0v) is 7.26. The van der Waals surface area contributed by atoms with Crippen LogP contribution in [0.2, 0.25) is 0 Å². The lowest BCUT2D eigenvalue weighted by molar-refractivity contribution is 0.573. The van der Waals surface area contributed by atoms with E-state index in [-0.39, 0.29) is 5.54 Å². The average molecular weight is 153 g/mol. The zero-order chi connectivity index (χ0) is 8.54. The normalized spacial score (nSPS) is 34.5. The van der Waals surface area contributed by atoms with Gasteiger partial charge in [0, 0.05) is 6.21 Å². The first kappa shape index (κ1) is 8.27. The van der Waals surface area contributed by atoms with Crippen LogP contribution in [0.1, 0.15) is 20.8 Å². The maximum absolute atomic E-state index is 5.79. The zero-order valence-electron chi connectivity index (χ0n) is 7.26. The van der Waals surface area contributed by atoms with Gasteiger partial charge in [0.15, 0.2) is 0 Å². The molecule has 1 unspecified atom stereocenters. The Morgan fingerprint density at radius 1 is 1.36 bits per heavy atom. The monoisotopic (exact) mass is 153 g/mol. The first-order valence-electron chi connectivity index (χ1n) is 3.72. The van der Waals surface area contributed by atoms with Crippen LogP contribution < -0.4 is 11.1 Å². The van der Waals surface area contributed by atoms with E-state index in [2.05, 4.69) is 10.3 Å². The van der Waals surface area contributed by atoms with E-state index in [0.29, 0.717) is 0 Å². The van der Waals surface area contributed by atoms with Crippen LogP contribution in [0, 0.1) is 0 Å². The van der Waals surface area contributed by atoms with Crippen LogP contribution in [0.25, 0.3) is 0 Å². The van der Waals surface area contributed by atoms with Crippen LogP contribution in [-0.4, -0.2) is 17.4 Å². The van der Waals surface area contributed by atoms with Crippen molar-refractivity contribution in [3.63, 3.8) is 0 Å². The van der Waals surface area contributed by atoms with E-state index >= 15 is 0 Å². The van der Waals surface area contributed by atoms with Gasteiger partial charge in [0.2, 0.25) is 0 Å². The number of aliphatic imine (C=N–C) groups is 1. The van der Waals surface area contributed by atoms with Gasteiger partial charge in [-0.15, -0.1) is 0 Å². The van der Waals surface area contributed by atoms with Crippen molar-refractivity contribution in [2.45, 2.75) is 32.0 Å². The minimum absolute atomic E-state index is 0.135. The van der Waals surface area contributed by atoms with Gasteiger partial charge in [-0.3, -0.25) is 4.99 Å². The summed E-state index contributed by atoms with van der Waals surface area (Å²) in [5.74, 6) is 0. The third kappa shape index (κ3) is 2.35. The largest absolute Gasteiger partial charge is 0.369 e. The molecule has 0 aliphatic carbocycles. The molecule has 3 nitrogen and oxygen atoms in total. The maximum atomic E-state index is 5.79. The lowest BCUT2D eigenvalue weighted by atomic mass is 10.1. The molecule has 0 amide bonds. The second kappa shape index (κ2) is 2.34. The topological polar surface area (TPSA) is 50.4 Å². The molecule has 1 heterocycles. The summed E-state index contributed by atoms with van der Waals surface area (Å²) < 4.78 is 0.